The third-order valence-corrected chi connectivity index (χ3v) is 3.12. The minimum absolute atomic E-state index is 0.00398. The molecule has 5 heteroatoms. The molecule has 2 aromatic rings. The number of aromatic hydroxyl groups is 1. The van der Waals surface area contributed by atoms with Crippen LogP contribution in [0, 0.1) is 0 Å². The maximum Gasteiger partial charge on any atom is 0.255 e. The standard InChI is InChI=1S/C16H14ClNO3/c1-10(11-6-7-14(19)15(8-11)21-2)16(20)18-13-5-3-4-12(17)9-13/h3-9,19H,1H2,2H3,(H,18,20). The van der Waals surface area contributed by atoms with Crippen LogP contribution in [-0.4, -0.2) is 18.1 Å². The smallest absolute Gasteiger partial charge is 0.255 e. The van der Waals surface area contributed by atoms with E-state index in [0.29, 0.717) is 16.3 Å². The summed E-state index contributed by atoms with van der Waals surface area (Å²) in [6.45, 7) is 3.77. The molecule has 0 radical (unpaired) electrons. The number of carbonyl (C=O) groups is 1. The van der Waals surface area contributed by atoms with Gasteiger partial charge in [-0.15, -0.1) is 0 Å². The molecule has 0 aromatic heterocycles. The Morgan fingerprint density at radius 2 is 2.05 bits per heavy atom. The van der Waals surface area contributed by atoms with Gasteiger partial charge in [-0.3, -0.25) is 4.79 Å². The second-order valence-electron chi connectivity index (χ2n) is 4.33. The second-order valence-corrected chi connectivity index (χ2v) is 4.77. The molecule has 0 heterocycles. The Morgan fingerprint density at radius 1 is 1.29 bits per heavy atom. The summed E-state index contributed by atoms with van der Waals surface area (Å²) in [4.78, 5) is 12.2. The number of benzene rings is 2. The van der Waals surface area contributed by atoms with Gasteiger partial charge in [0, 0.05) is 16.3 Å². The number of anilines is 1. The predicted octanol–water partition coefficient (Wildman–Crippen LogP) is 3.71. The van der Waals surface area contributed by atoms with E-state index in [1.165, 1.54) is 13.2 Å². The van der Waals surface area contributed by atoms with Gasteiger partial charge in [0.1, 0.15) is 0 Å². The number of nitrogens with one attached hydrogen (secondary N) is 1. The Morgan fingerprint density at radius 3 is 2.71 bits per heavy atom. The number of phenolic OH excluding ortho intramolecular Hbond substituents is 1. The first-order chi connectivity index (χ1) is 10.0. The molecule has 0 aliphatic rings. The van der Waals surface area contributed by atoms with Crippen molar-refractivity contribution in [2.24, 2.45) is 0 Å². The topological polar surface area (TPSA) is 58.6 Å². The Bertz CT molecular complexity index is 698. The van der Waals surface area contributed by atoms with Gasteiger partial charge in [0.25, 0.3) is 5.91 Å². The Kier molecular flexibility index (Phi) is 4.50. The molecule has 21 heavy (non-hydrogen) atoms. The molecule has 0 bridgehead atoms. The van der Waals surface area contributed by atoms with Gasteiger partial charge >= 0.3 is 0 Å². The van der Waals surface area contributed by atoms with Crippen molar-refractivity contribution in [3.05, 3.63) is 59.6 Å². The fourth-order valence-corrected chi connectivity index (χ4v) is 1.96. The number of hydrogen-bond donors (Lipinski definition) is 2. The van der Waals surface area contributed by atoms with Crippen LogP contribution in [0.15, 0.2) is 49.0 Å². The molecule has 0 aliphatic heterocycles. The van der Waals surface area contributed by atoms with Crippen LogP contribution < -0.4 is 10.1 Å². The van der Waals surface area contributed by atoms with Gasteiger partial charge in [0.2, 0.25) is 0 Å². The Balaban J connectivity index is 2.18. The molecule has 0 saturated carbocycles. The van der Waals surface area contributed by atoms with E-state index in [1.54, 1.807) is 36.4 Å². The van der Waals surface area contributed by atoms with Gasteiger partial charge in [-0.05, 0) is 35.9 Å². The highest BCUT2D eigenvalue weighted by Crippen LogP contribution is 2.29. The molecule has 2 N–H and O–H groups in total. The van der Waals surface area contributed by atoms with Crippen LogP contribution in [0.1, 0.15) is 5.56 Å². The van der Waals surface area contributed by atoms with Crippen LogP contribution in [0.5, 0.6) is 11.5 Å². The first-order valence-corrected chi connectivity index (χ1v) is 6.52. The van der Waals surface area contributed by atoms with Crippen molar-refractivity contribution in [1.82, 2.24) is 0 Å². The molecular weight excluding hydrogens is 290 g/mol. The van der Waals surface area contributed by atoms with Crippen molar-refractivity contribution in [2.75, 3.05) is 12.4 Å². The van der Waals surface area contributed by atoms with E-state index in [1.807, 2.05) is 0 Å². The SMILES string of the molecule is C=C(C(=O)Nc1cccc(Cl)c1)c1ccc(O)c(OC)c1. The first kappa shape index (κ1) is 14.9. The van der Waals surface area contributed by atoms with Gasteiger partial charge in [-0.2, -0.15) is 0 Å². The average Bonchev–Trinajstić information content (AvgIpc) is 2.47. The van der Waals surface area contributed by atoms with Crippen LogP contribution in [0.4, 0.5) is 5.69 Å². The lowest BCUT2D eigenvalue weighted by Crippen LogP contribution is -2.12. The van der Waals surface area contributed by atoms with Gasteiger partial charge in [0.05, 0.1) is 7.11 Å². The number of phenols is 1. The van der Waals surface area contributed by atoms with Crippen molar-refractivity contribution in [3.8, 4) is 11.5 Å². The van der Waals surface area contributed by atoms with Crippen LogP contribution in [0.2, 0.25) is 5.02 Å². The van der Waals surface area contributed by atoms with Crippen molar-refractivity contribution in [2.45, 2.75) is 0 Å². The number of halogens is 1. The molecule has 0 fully saturated rings. The zero-order chi connectivity index (χ0) is 15.4. The summed E-state index contributed by atoms with van der Waals surface area (Å²) in [5.74, 6) is -0.0708. The van der Waals surface area contributed by atoms with E-state index in [9.17, 15) is 9.90 Å². The van der Waals surface area contributed by atoms with E-state index in [-0.39, 0.29) is 23.0 Å². The Labute approximate surface area is 127 Å². The molecule has 0 aliphatic carbocycles. The number of rotatable bonds is 4. The minimum Gasteiger partial charge on any atom is -0.504 e. The summed E-state index contributed by atoms with van der Waals surface area (Å²) in [5, 5.41) is 12.8. The molecule has 0 saturated heterocycles. The van der Waals surface area contributed by atoms with E-state index >= 15 is 0 Å². The lowest BCUT2D eigenvalue weighted by atomic mass is 10.1. The highest BCUT2D eigenvalue weighted by Gasteiger charge is 2.12. The fraction of sp³-hybridized carbons (Fsp3) is 0.0625. The molecule has 0 atom stereocenters. The lowest BCUT2D eigenvalue weighted by molar-refractivity contribution is -0.111. The molecule has 2 aromatic carbocycles. The molecule has 4 nitrogen and oxygen atoms in total. The third-order valence-electron chi connectivity index (χ3n) is 2.88. The van der Waals surface area contributed by atoms with Gasteiger partial charge in [-0.1, -0.05) is 30.3 Å². The maximum absolute atomic E-state index is 12.2. The van der Waals surface area contributed by atoms with E-state index in [4.69, 9.17) is 16.3 Å². The number of carbonyl (C=O) groups excluding carboxylic acids is 1. The lowest BCUT2D eigenvalue weighted by Gasteiger charge is -2.10. The molecule has 0 unspecified atom stereocenters. The highest BCUT2D eigenvalue weighted by molar-refractivity contribution is 6.31. The van der Waals surface area contributed by atoms with Gasteiger partial charge < -0.3 is 15.2 Å². The van der Waals surface area contributed by atoms with Crippen LogP contribution in [0.3, 0.4) is 0 Å². The Hall–Kier alpha value is -2.46. The largest absolute Gasteiger partial charge is 0.504 e. The van der Waals surface area contributed by atoms with Crippen LogP contribution in [0.25, 0.3) is 5.57 Å². The molecule has 2 rings (SSSR count). The fourth-order valence-electron chi connectivity index (χ4n) is 1.77. The van der Waals surface area contributed by atoms with Crippen molar-refractivity contribution in [1.29, 1.82) is 0 Å². The predicted molar refractivity (Wildman–Crippen MR) is 83.8 cm³/mol. The summed E-state index contributed by atoms with van der Waals surface area (Å²) >= 11 is 5.86. The summed E-state index contributed by atoms with van der Waals surface area (Å²) < 4.78 is 5.01. The summed E-state index contributed by atoms with van der Waals surface area (Å²) in [7, 11) is 1.44. The first-order valence-electron chi connectivity index (χ1n) is 6.14. The maximum atomic E-state index is 12.2. The van der Waals surface area contributed by atoms with Crippen molar-refractivity contribution < 1.29 is 14.6 Å². The van der Waals surface area contributed by atoms with Crippen molar-refractivity contribution in [3.63, 3.8) is 0 Å². The highest BCUT2D eigenvalue weighted by atomic mass is 35.5. The zero-order valence-electron chi connectivity index (χ0n) is 11.4. The summed E-state index contributed by atoms with van der Waals surface area (Å²) in [5.41, 5.74) is 1.40. The number of amides is 1. The summed E-state index contributed by atoms with van der Waals surface area (Å²) in [6, 6.07) is 11.4. The van der Waals surface area contributed by atoms with Gasteiger partial charge in [-0.25, -0.2) is 0 Å². The van der Waals surface area contributed by atoms with E-state index in [2.05, 4.69) is 11.9 Å². The number of hydrogen-bond acceptors (Lipinski definition) is 3. The quantitative estimate of drug-likeness (QED) is 0.847. The zero-order valence-corrected chi connectivity index (χ0v) is 12.1. The number of ether oxygens (including phenoxy) is 1. The van der Waals surface area contributed by atoms with Crippen LogP contribution >= 0.6 is 11.6 Å². The van der Waals surface area contributed by atoms with Crippen molar-refractivity contribution >= 4 is 28.8 Å². The molecule has 0 spiro atoms. The molecule has 108 valence electrons. The van der Waals surface area contributed by atoms with Crippen LogP contribution in [-0.2, 0) is 4.79 Å². The normalized spacial score (nSPS) is 10.0. The number of methoxy groups -OCH3 is 1. The minimum atomic E-state index is -0.356. The second kappa shape index (κ2) is 6.33. The van der Waals surface area contributed by atoms with E-state index in [0.717, 1.165) is 0 Å². The average molecular weight is 304 g/mol. The molecule has 1 amide bonds. The summed E-state index contributed by atoms with van der Waals surface area (Å²) in [6.07, 6.45) is 0. The monoisotopic (exact) mass is 303 g/mol. The van der Waals surface area contributed by atoms with Gasteiger partial charge in [0.15, 0.2) is 11.5 Å². The molecular formula is C16H14ClNO3. The van der Waals surface area contributed by atoms with E-state index < -0.39 is 0 Å². The third kappa shape index (κ3) is 3.55.